The summed E-state index contributed by atoms with van der Waals surface area (Å²) in [5.74, 6) is 6.63. The van der Waals surface area contributed by atoms with Crippen LogP contribution in [-0.2, 0) is 14.2 Å². The smallest absolute Gasteiger partial charge is 0.113 e. The van der Waals surface area contributed by atoms with Crippen LogP contribution in [0.2, 0.25) is 0 Å². The topological polar surface area (TPSA) is 65.7 Å². The lowest BCUT2D eigenvalue weighted by atomic mass is 9.85. The summed E-state index contributed by atoms with van der Waals surface area (Å²) in [4.78, 5) is 0. The van der Waals surface area contributed by atoms with Crippen LogP contribution in [0.3, 0.4) is 0 Å². The number of hydrogen-bond donors (Lipinski definition) is 2. The van der Waals surface area contributed by atoms with Gasteiger partial charge in [0.2, 0.25) is 0 Å². The van der Waals surface area contributed by atoms with Crippen LogP contribution in [0.4, 0.5) is 0 Å². The van der Waals surface area contributed by atoms with Gasteiger partial charge in [-0.05, 0) is 13.0 Å². The van der Waals surface area contributed by atoms with Crippen molar-refractivity contribution in [3.05, 3.63) is 11.8 Å². The van der Waals surface area contributed by atoms with Crippen molar-refractivity contribution in [1.29, 1.82) is 0 Å². The molecule has 17 heavy (non-hydrogen) atoms. The van der Waals surface area contributed by atoms with E-state index in [1.165, 1.54) is 0 Å². The van der Waals surface area contributed by atoms with E-state index in [9.17, 15) is 0 Å². The van der Waals surface area contributed by atoms with Crippen LogP contribution in [0, 0.1) is 0 Å². The van der Waals surface area contributed by atoms with Crippen LogP contribution < -0.4 is 11.3 Å². The lowest BCUT2D eigenvalue weighted by Crippen LogP contribution is -2.58. The maximum Gasteiger partial charge on any atom is 0.113 e. The van der Waals surface area contributed by atoms with Gasteiger partial charge in [0.15, 0.2) is 0 Å². The van der Waals surface area contributed by atoms with Crippen LogP contribution in [0.25, 0.3) is 0 Å². The molecule has 2 aliphatic rings. The Balaban J connectivity index is 2.16. The predicted molar refractivity (Wildman–Crippen MR) is 64.2 cm³/mol. The minimum atomic E-state index is -0.294. The van der Waals surface area contributed by atoms with E-state index in [1.807, 2.05) is 6.92 Å². The van der Waals surface area contributed by atoms with Crippen LogP contribution in [0.1, 0.15) is 26.2 Å². The molecule has 5 nitrogen and oxygen atoms in total. The van der Waals surface area contributed by atoms with Crippen molar-refractivity contribution < 1.29 is 14.2 Å². The SMILES string of the molecule is CCOC1(C(NN)C2=CCCO2)CCOCC1. The molecule has 0 saturated carbocycles. The maximum absolute atomic E-state index is 5.99. The van der Waals surface area contributed by atoms with Crippen molar-refractivity contribution >= 4 is 0 Å². The van der Waals surface area contributed by atoms with Gasteiger partial charge >= 0.3 is 0 Å². The second-order valence-corrected chi connectivity index (χ2v) is 4.45. The standard InChI is InChI=1S/C12H22N2O3/c1-2-17-12(5-8-15-9-6-12)11(14-13)10-4-3-7-16-10/h4,11,14H,2-3,5-9,13H2,1H3. The maximum atomic E-state index is 5.99. The minimum absolute atomic E-state index is 0.0751. The van der Waals surface area contributed by atoms with Gasteiger partial charge in [-0.3, -0.25) is 5.84 Å². The van der Waals surface area contributed by atoms with Gasteiger partial charge in [0.1, 0.15) is 11.8 Å². The number of nitrogens with one attached hydrogen (secondary N) is 1. The quantitative estimate of drug-likeness (QED) is 0.549. The van der Waals surface area contributed by atoms with Gasteiger partial charge in [-0.15, -0.1) is 0 Å². The van der Waals surface area contributed by atoms with E-state index >= 15 is 0 Å². The average molecular weight is 242 g/mol. The summed E-state index contributed by atoms with van der Waals surface area (Å²) >= 11 is 0. The van der Waals surface area contributed by atoms with Gasteiger partial charge in [0, 0.05) is 39.1 Å². The molecule has 0 aromatic carbocycles. The molecule has 98 valence electrons. The monoisotopic (exact) mass is 242 g/mol. The third-order valence-corrected chi connectivity index (χ3v) is 3.48. The molecule has 2 rings (SSSR count). The van der Waals surface area contributed by atoms with Crippen molar-refractivity contribution in [2.24, 2.45) is 5.84 Å². The van der Waals surface area contributed by atoms with E-state index in [0.717, 1.165) is 31.6 Å². The van der Waals surface area contributed by atoms with E-state index in [2.05, 4.69) is 11.5 Å². The Labute approximate surface area is 102 Å². The predicted octanol–water partition coefficient (Wildman–Crippen LogP) is 0.708. The van der Waals surface area contributed by atoms with E-state index in [1.54, 1.807) is 0 Å². The molecule has 1 atom stereocenters. The Hall–Kier alpha value is -0.620. The highest BCUT2D eigenvalue weighted by molar-refractivity contribution is 5.15. The fraction of sp³-hybridized carbons (Fsp3) is 0.833. The summed E-state index contributed by atoms with van der Waals surface area (Å²) in [5.41, 5.74) is 2.57. The zero-order chi connectivity index (χ0) is 12.1. The lowest BCUT2D eigenvalue weighted by Gasteiger charge is -2.42. The second-order valence-electron chi connectivity index (χ2n) is 4.45. The van der Waals surface area contributed by atoms with Crippen molar-refractivity contribution in [3.63, 3.8) is 0 Å². The molecule has 3 N–H and O–H groups in total. The van der Waals surface area contributed by atoms with Gasteiger partial charge in [-0.25, -0.2) is 5.43 Å². The van der Waals surface area contributed by atoms with Gasteiger partial charge in [-0.1, -0.05) is 0 Å². The number of nitrogens with two attached hydrogens (primary N) is 1. The second kappa shape index (κ2) is 5.82. The molecule has 0 aromatic heterocycles. The molecule has 0 aromatic rings. The molecular weight excluding hydrogens is 220 g/mol. The molecule has 0 aliphatic carbocycles. The highest BCUT2D eigenvalue weighted by Gasteiger charge is 2.44. The first kappa shape index (κ1) is 12.8. The fourth-order valence-corrected chi connectivity index (χ4v) is 2.65. The van der Waals surface area contributed by atoms with E-state index in [0.29, 0.717) is 19.8 Å². The Kier molecular flexibility index (Phi) is 4.39. The Morgan fingerprint density at radius 3 is 2.76 bits per heavy atom. The van der Waals surface area contributed by atoms with Crippen LogP contribution in [-0.4, -0.2) is 38.1 Å². The molecular formula is C12H22N2O3. The number of ether oxygens (including phenoxy) is 3. The van der Waals surface area contributed by atoms with Gasteiger partial charge in [-0.2, -0.15) is 0 Å². The molecule has 2 aliphatic heterocycles. The van der Waals surface area contributed by atoms with E-state index < -0.39 is 0 Å². The molecule has 0 spiro atoms. The highest BCUT2D eigenvalue weighted by Crippen LogP contribution is 2.33. The number of hydrogen-bond acceptors (Lipinski definition) is 5. The first-order valence-corrected chi connectivity index (χ1v) is 6.33. The van der Waals surface area contributed by atoms with Crippen molar-refractivity contribution in [2.75, 3.05) is 26.4 Å². The van der Waals surface area contributed by atoms with E-state index in [-0.39, 0.29) is 11.6 Å². The van der Waals surface area contributed by atoms with Gasteiger partial charge in [0.25, 0.3) is 0 Å². The summed E-state index contributed by atoms with van der Waals surface area (Å²) < 4.78 is 17.0. The van der Waals surface area contributed by atoms with Crippen molar-refractivity contribution in [3.8, 4) is 0 Å². The molecule has 0 radical (unpaired) electrons. The minimum Gasteiger partial charge on any atom is -0.496 e. The number of hydrazine groups is 1. The van der Waals surface area contributed by atoms with Crippen LogP contribution in [0.5, 0.6) is 0 Å². The molecule has 2 heterocycles. The molecule has 1 unspecified atom stereocenters. The van der Waals surface area contributed by atoms with Crippen molar-refractivity contribution in [2.45, 2.75) is 37.8 Å². The highest BCUT2D eigenvalue weighted by atomic mass is 16.5. The normalized spacial score (nSPS) is 25.2. The zero-order valence-electron chi connectivity index (χ0n) is 10.4. The third kappa shape index (κ3) is 2.63. The van der Waals surface area contributed by atoms with Crippen LogP contribution >= 0.6 is 0 Å². The molecule has 0 bridgehead atoms. The summed E-state index contributed by atoms with van der Waals surface area (Å²) in [6.45, 7) is 4.85. The molecule has 0 amide bonds. The summed E-state index contributed by atoms with van der Waals surface area (Å²) in [7, 11) is 0. The van der Waals surface area contributed by atoms with Crippen LogP contribution in [0.15, 0.2) is 11.8 Å². The van der Waals surface area contributed by atoms with Gasteiger partial charge < -0.3 is 14.2 Å². The van der Waals surface area contributed by atoms with E-state index in [4.69, 9.17) is 20.1 Å². The summed E-state index contributed by atoms with van der Waals surface area (Å²) in [5, 5.41) is 0. The summed E-state index contributed by atoms with van der Waals surface area (Å²) in [6, 6.07) is -0.0751. The Morgan fingerprint density at radius 2 is 2.24 bits per heavy atom. The summed E-state index contributed by atoms with van der Waals surface area (Å²) in [6.07, 6.45) is 4.74. The molecule has 1 saturated heterocycles. The molecule has 5 heteroatoms. The molecule has 1 fully saturated rings. The van der Waals surface area contributed by atoms with Crippen molar-refractivity contribution in [1.82, 2.24) is 5.43 Å². The Morgan fingerprint density at radius 1 is 1.47 bits per heavy atom. The lowest BCUT2D eigenvalue weighted by molar-refractivity contribution is -0.126. The number of rotatable bonds is 5. The fourth-order valence-electron chi connectivity index (χ4n) is 2.65. The first-order valence-electron chi connectivity index (χ1n) is 6.33. The van der Waals surface area contributed by atoms with Gasteiger partial charge in [0.05, 0.1) is 12.2 Å². The third-order valence-electron chi connectivity index (χ3n) is 3.48. The largest absolute Gasteiger partial charge is 0.496 e. The first-order chi connectivity index (χ1) is 8.32. The Bertz CT molecular complexity index is 269. The average Bonchev–Trinajstić information content (AvgIpc) is 2.85. The zero-order valence-corrected chi connectivity index (χ0v) is 10.4.